The molecule has 2 rings (SSSR count). The number of aryl methyl sites for hydroxylation is 1. The van der Waals surface area contributed by atoms with Gasteiger partial charge in [-0.15, -0.1) is 5.10 Å². The SMILES string of the molecule is CCCNC(C1=CCCCCCC1)c1snnc1CCC. The molecule has 4 heteroatoms. The zero-order chi connectivity index (χ0) is 14.9. The summed E-state index contributed by atoms with van der Waals surface area (Å²) < 4.78 is 4.23. The van der Waals surface area contributed by atoms with Crippen molar-refractivity contribution < 1.29 is 0 Å². The van der Waals surface area contributed by atoms with Crippen molar-refractivity contribution in [1.82, 2.24) is 14.9 Å². The van der Waals surface area contributed by atoms with Crippen LogP contribution in [0, 0.1) is 0 Å². The van der Waals surface area contributed by atoms with E-state index < -0.39 is 0 Å². The van der Waals surface area contributed by atoms with E-state index in [1.165, 1.54) is 55.5 Å². The number of nitrogens with zero attached hydrogens (tertiary/aromatic N) is 2. The second-order valence-corrected chi connectivity index (χ2v) is 6.74. The molecule has 1 aliphatic carbocycles. The van der Waals surface area contributed by atoms with Gasteiger partial charge in [-0.05, 0) is 56.6 Å². The second-order valence-electron chi connectivity index (χ2n) is 5.95. The summed E-state index contributed by atoms with van der Waals surface area (Å²) in [5, 5.41) is 8.12. The van der Waals surface area contributed by atoms with Gasteiger partial charge < -0.3 is 5.32 Å². The van der Waals surface area contributed by atoms with E-state index in [2.05, 4.69) is 34.8 Å². The second kappa shape index (κ2) is 9.31. The molecule has 0 radical (unpaired) electrons. The number of hydrogen-bond donors (Lipinski definition) is 1. The summed E-state index contributed by atoms with van der Waals surface area (Å²) >= 11 is 1.59. The van der Waals surface area contributed by atoms with E-state index in [1.807, 2.05) is 0 Å². The maximum atomic E-state index is 4.37. The predicted molar refractivity (Wildman–Crippen MR) is 90.7 cm³/mol. The number of rotatable bonds is 7. The molecule has 0 aliphatic heterocycles. The van der Waals surface area contributed by atoms with Crippen LogP contribution in [-0.2, 0) is 6.42 Å². The van der Waals surface area contributed by atoms with Gasteiger partial charge in [0.15, 0.2) is 0 Å². The predicted octanol–water partition coefficient (Wildman–Crippen LogP) is 4.81. The summed E-state index contributed by atoms with van der Waals surface area (Å²) in [6, 6.07) is 0.351. The highest BCUT2D eigenvalue weighted by atomic mass is 32.1. The third-order valence-corrected chi connectivity index (χ3v) is 4.96. The highest BCUT2D eigenvalue weighted by molar-refractivity contribution is 7.05. The molecule has 0 saturated carbocycles. The monoisotopic (exact) mass is 307 g/mol. The minimum absolute atomic E-state index is 0.351. The molecule has 0 spiro atoms. The summed E-state index contributed by atoms with van der Waals surface area (Å²) in [4.78, 5) is 1.36. The summed E-state index contributed by atoms with van der Waals surface area (Å²) in [5.41, 5.74) is 2.78. The van der Waals surface area contributed by atoms with E-state index in [0.29, 0.717) is 6.04 Å². The average molecular weight is 308 g/mol. The normalized spacial score (nSPS) is 17.9. The molecule has 0 aromatic carbocycles. The third-order valence-electron chi connectivity index (χ3n) is 4.13. The summed E-state index contributed by atoms with van der Waals surface area (Å²) in [5.74, 6) is 0. The van der Waals surface area contributed by atoms with Gasteiger partial charge in [0.25, 0.3) is 0 Å². The molecule has 1 aromatic heterocycles. The fourth-order valence-electron chi connectivity index (χ4n) is 3.00. The average Bonchev–Trinajstić information content (AvgIpc) is 2.89. The highest BCUT2D eigenvalue weighted by Crippen LogP contribution is 2.32. The highest BCUT2D eigenvalue weighted by Gasteiger charge is 2.22. The van der Waals surface area contributed by atoms with Gasteiger partial charge in [0.1, 0.15) is 0 Å². The van der Waals surface area contributed by atoms with Crippen molar-refractivity contribution in [2.45, 2.75) is 77.7 Å². The summed E-state index contributed by atoms with van der Waals surface area (Å²) in [7, 11) is 0. The van der Waals surface area contributed by atoms with E-state index in [4.69, 9.17) is 0 Å². The van der Waals surface area contributed by atoms with Crippen molar-refractivity contribution in [3.8, 4) is 0 Å². The largest absolute Gasteiger partial charge is 0.306 e. The van der Waals surface area contributed by atoms with Crippen LogP contribution in [0.15, 0.2) is 11.6 Å². The molecule has 1 aliphatic rings. The van der Waals surface area contributed by atoms with Gasteiger partial charge in [-0.1, -0.05) is 49.2 Å². The standard InChI is InChI=1S/C17H29N3S/c1-3-10-15-17(21-20-19-15)16(18-13-4-2)14-11-8-6-5-7-9-12-14/h11,16,18H,3-10,12-13H2,1-2H3. The van der Waals surface area contributed by atoms with Gasteiger partial charge >= 0.3 is 0 Å². The van der Waals surface area contributed by atoms with Crippen LogP contribution in [0.4, 0.5) is 0 Å². The molecular formula is C17H29N3S. The zero-order valence-corrected chi connectivity index (χ0v) is 14.3. The molecule has 1 heterocycles. The number of allylic oxidation sites excluding steroid dienone is 1. The fourth-order valence-corrected chi connectivity index (χ4v) is 3.82. The quantitative estimate of drug-likeness (QED) is 0.734. The van der Waals surface area contributed by atoms with Crippen LogP contribution in [-0.4, -0.2) is 16.1 Å². The summed E-state index contributed by atoms with van der Waals surface area (Å²) in [6.45, 7) is 5.51. The first-order valence-corrected chi connectivity index (χ1v) is 9.37. The smallest absolute Gasteiger partial charge is 0.0807 e. The Kier molecular flexibility index (Phi) is 7.37. The molecular weight excluding hydrogens is 278 g/mol. The molecule has 1 aromatic rings. The van der Waals surface area contributed by atoms with Crippen LogP contribution in [0.2, 0.25) is 0 Å². The molecule has 1 N–H and O–H groups in total. The lowest BCUT2D eigenvalue weighted by molar-refractivity contribution is 0.542. The van der Waals surface area contributed by atoms with Crippen LogP contribution in [0.1, 0.15) is 81.8 Å². The van der Waals surface area contributed by atoms with Crippen LogP contribution in [0.25, 0.3) is 0 Å². The molecule has 0 fully saturated rings. The molecule has 0 saturated heterocycles. The topological polar surface area (TPSA) is 37.8 Å². The van der Waals surface area contributed by atoms with Crippen LogP contribution in [0.5, 0.6) is 0 Å². The molecule has 0 amide bonds. The fraction of sp³-hybridized carbons (Fsp3) is 0.765. The Balaban J connectivity index is 2.21. The van der Waals surface area contributed by atoms with Crippen molar-refractivity contribution in [2.75, 3.05) is 6.54 Å². The Morgan fingerprint density at radius 1 is 1.19 bits per heavy atom. The van der Waals surface area contributed by atoms with Gasteiger partial charge in [-0.2, -0.15) is 0 Å². The van der Waals surface area contributed by atoms with E-state index in [1.54, 1.807) is 17.1 Å². The Morgan fingerprint density at radius 3 is 2.86 bits per heavy atom. The number of nitrogens with one attached hydrogen (secondary N) is 1. The lowest BCUT2D eigenvalue weighted by Crippen LogP contribution is -2.24. The number of aromatic nitrogens is 2. The lowest BCUT2D eigenvalue weighted by atomic mass is 9.93. The first-order chi connectivity index (χ1) is 10.4. The van der Waals surface area contributed by atoms with Gasteiger partial charge in [0.2, 0.25) is 0 Å². The first-order valence-electron chi connectivity index (χ1n) is 8.60. The van der Waals surface area contributed by atoms with Crippen molar-refractivity contribution in [3.63, 3.8) is 0 Å². The Labute approximate surface area is 133 Å². The van der Waals surface area contributed by atoms with Crippen LogP contribution >= 0.6 is 11.5 Å². The molecule has 1 unspecified atom stereocenters. The van der Waals surface area contributed by atoms with Crippen molar-refractivity contribution in [1.29, 1.82) is 0 Å². The summed E-state index contributed by atoms with van der Waals surface area (Å²) in [6.07, 6.45) is 13.7. The molecule has 21 heavy (non-hydrogen) atoms. The minimum Gasteiger partial charge on any atom is -0.306 e. The van der Waals surface area contributed by atoms with Gasteiger partial charge in [0, 0.05) is 0 Å². The van der Waals surface area contributed by atoms with Gasteiger partial charge in [-0.25, -0.2) is 0 Å². The first kappa shape index (κ1) is 16.6. The number of hydrogen-bond acceptors (Lipinski definition) is 4. The molecule has 118 valence electrons. The Morgan fingerprint density at radius 2 is 2.05 bits per heavy atom. The lowest BCUT2D eigenvalue weighted by Gasteiger charge is -2.23. The van der Waals surface area contributed by atoms with E-state index in [0.717, 1.165) is 19.4 Å². The van der Waals surface area contributed by atoms with Crippen LogP contribution < -0.4 is 5.32 Å². The van der Waals surface area contributed by atoms with Crippen molar-refractivity contribution in [2.24, 2.45) is 0 Å². The zero-order valence-electron chi connectivity index (χ0n) is 13.5. The van der Waals surface area contributed by atoms with E-state index in [-0.39, 0.29) is 0 Å². The van der Waals surface area contributed by atoms with Gasteiger partial charge in [0.05, 0.1) is 16.6 Å². The van der Waals surface area contributed by atoms with Crippen molar-refractivity contribution >= 4 is 11.5 Å². The van der Waals surface area contributed by atoms with Crippen LogP contribution in [0.3, 0.4) is 0 Å². The third kappa shape index (κ3) is 4.89. The van der Waals surface area contributed by atoms with Gasteiger partial charge in [-0.3, -0.25) is 0 Å². The van der Waals surface area contributed by atoms with E-state index >= 15 is 0 Å². The van der Waals surface area contributed by atoms with E-state index in [9.17, 15) is 0 Å². The Bertz CT molecular complexity index is 439. The maximum Gasteiger partial charge on any atom is 0.0807 e. The molecule has 1 atom stereocenters. The minimum atomic E-state index is 0.351. The molecule has 3 nitrogen and oxygen atoms in total. The molecule has 0 bridgehead atoms. The van der Waals surface area contributed by atoms with Crippen molar-refractivity contribution in [3.05, 3.63) is 22.2 Å². The maximum absolute atomic E-state index is 4.37. The Hall–Kier alpha value is -0.740.